The molecule has 0 spiro atoms. The zero-order chi connectivity index (χ0) is 18.1. The lowest BCUT2D eigenvalue weighted by atomic mass is 10.1. The van der Waals surface area contributed by atoms with Gasteiger partial charge in [-0.1, -0.05) is 0 Å². The van der Waals surface area contributed by atoms with Crippen molar-refractivity contribution in [2.75, 3.05) is 39.8 Å². The number of carbonyl (C=O) groups excluding carboxylic acids is 2. The van der Waals surface area contributed by atoms with E-state index in [-0.39, 0.29) is 18.0 Å². The number of rotatable bonds is 7. The highest BCUT2D eigenvalue weighted by Crippen LogP contribution is 2.11. The van der Waals surface area contributed by atoms with Crippen molar-refractivity contribution in [3.05, 3.63) is 30.1 Å². The standard InChI is InChI=1S/C18H28N4O3/c1-3-25-18(24)22-12-7-16(8-13-22)20-14-17(23)21(2)11-6-15-4-9-19-10-5-15/h4-5,9-10,16,20H,3,6-8,11-14H2,1-2H3. The Kier molecular flexibility index (Phi) is 7.66. The molecule has 0 atom stereocenters. The van der Waals surface area contributed by atoms with E-state index in [1.165, 1.54) is 5.56 Å². The summed E-state index contributed by atoms with van der Waals surface area (Å²) < 4.78 is 5.01. The average Bonchev–Trinajstić information content (AvgIpc) is 2.65. The predicted molar refractivity (Wildman–Crippen MR) is 95.2 cm³/mol. The van der Waals surface area contributed by atoms with Gasteiger partial charge in [-0.3, -0.25) is 9.78 Å². The summed E-state index contributed by atoms with van der Waals surface area (Å²) in [5.41, 5.74) is 1.17. The lowest BCUT2D eigenvalue weighted by Crippen LogP contribution is -2.47. The molecule has 1 fully saturated rings. The van der Waals surface area contributed by atoms with E-state index in [2.05, 4.69) is 10.3 Å². The average molecular weight is 348 g/mol. The molecule has 2 heterocycles. The molecule has 1 aliphatic rings. The van der Waals surface area contributed by atoms with Crippen molar-refractivity contribution in [3.8, 4) is 0 Å². The van der Waals surface area contributed by atoms with Crippen molar-refractivity contribution in [2.45, 2.75) is 32.2 Å². The molecule has 0 bridgehead atoms. The lowest BCUT2D eigenvalue weighted by Gasteiger charge is -2.32. The van der Waals surface area contributed by atoms with Gasteiger partial charge < -0.3 is 19.9 Å². The van der Waals surface area contributed by atoms with Gasteiger partial charge in [-0.2, -0.15) is 0 Å². The highest BCUT2D eigenvalue weighted by Gasteiger charge is 2.23. The Morgan fingerprint density at radius 2 is 2.00 bits per heavy atom. The molecule has 1 N–H and O–H groups in total. The van der Waals surface area contributed by atoms with Crippen molar-refractivity contribution in [1.82, 2.24) is 20.1 Å². The first-order chi connectivity index (χ1) is 12.1. The van der Waals surface area contributed by atoms with E-state index in [4.69, 9.17) is 4.74 Å². The van der Waals surface area contributed by atoms with Crippen LogP contribution in [0.2, 0.25) is 0 Å². The molecule has 2 amide bonds. The van der Waals surface area contributed by atoms with Crippen LogP contribution in [0.5, 0.6) is 0 Å². The van der Waals surface area contributed by atoms with Crippen molar-refractivity contribution in [1.29, 1.82) is 0 Å². The van der Waals surface area contributed by atoms with Gasteiger partial charge in [-0.05, 0) is 43.9 Å². The van der Waals surface area contributed by atoms with Crippen LogP contribution in [-0.4, -0.2) is 72.7 Å². The molecule has 0 radical (unpaired) electrons. The SMILES string of the molecule is CCOC(=O)N1CCC(NCC(=O)N(C)CCc2ccncc2)CC1. The Morgan fingerprint density at radius 3 is 2.64 bits per heavy atom. The summed E-state index contributed by atoms with van der Waals surface area (Å²) in [6, 6.07) is 4.20. The van der Waals surface area contributed by atoms with Gasteiger partial charge in [0.15, 0.2) is 0 Å². The number of ether oxygens (including phenoxy) is 1. The summed E-state index contributed by atoms with van der Waals surface area (Å²) in [5.74, 6) is 0.0851. The van der Waals surface area contributed by atoms with Gasteiger partial charge in [-0.15, -0.1) is 0 Å². The molecule has 25 heavy (non-hydrogen) atoms. The Labute approximate surface area is 149 Å². The summed E-state index contributed by atoms with van der Waals surface area (Å²) in [6.45, 7) is 4.56. The topological polar surface area (TPSA) is 74.8 Å². The second kappa shape index (κ2) is 9.98. The van der Waals surface area contributed by atoms with Crippen LogP contribution < -0.4 is 5.32 Å². The Morgan fingerprint density at radius 1 is 1.32 bits per heavy atom. The smallest absolute Gasteiger partial charge is 0.409 e. The van der Waals surface area contributed by atoms with Crippen LogP contribution in [0.4, 0.5) is 4.79 Å². The van der Waals surface area contributed by atoms with E-state index >= 15 is 0 Å². The number of amides is 2. The number of likely N-dealkylation sites (tertiary alicyclic amines) is 1. The molecular formula is C18H28N4O3. The minimum absolute atomic E-state index is 0.0851. The molecule has 7 nitrogen and oxygen atoms in total. The Bertz CT molecular complexity index is 545. The first-order valence-corrected chi connectivity index (χ1v) is 8.88. The van der Waals surface area contributed by atoms with Crippen LogP contribution in [0.3, 0.4) is 0 Å². The quantitative estimate of drug-likeness (QED) is 0.804. The van der Waals surface area contributed by atoms with E-state index in [0.717, 1.165) is 19.3 Å². The van der Waals surface area contributed by atoms with Gasteiger partial charge in [0.1, 0.15) is 0 Å². The zero-order valence-electron chi connectivity index (χ0n) is 15.1. The molecule has 7 heteroatoms. The molecular weight excluding hydrogens is 320 g/mol. The summed E-state index contributed by atoms with van der Waals surface area (Å²) in [4.78, 5) is 31.4. The van der Waals surface area contributed by atoms with Crippen LogP contribution in [-0.2, 0) is 16.0 Å². The van der Waals surface area contributed by atoms with Crippen LogP contribution >= 0.6 is 0 Å². The number of hydrogen-bond donors (Lipinski definition) is 1. The van der Waals surface area contributed by atoms with Gasteiger partial charge in [0, 0.05) is 45.1 Å². The minimum Gasteiger partial charge on any atom is -0.450 e. The van der Waals surface area contributed by atoms with Crippen LogP contribution in [0.15, 0.2) is 24.5 Å². The predicted octanol–water partition coefficient (Wildman–Crippen LogP) is 1.29. The Balaban J connectivity index is 1.64. The van der Waals surface area contributed by atoms with E-state index in [0.29, 0.717) is 32.8 Å². The molecule has 1 saturated heterocycles. The summed E-state index contributed by atoms with van der Waals surface area (Å²) in [6.07, 6.45) is 5.79. The second-order valence-electron chi connectivity index (χ2n) is 6.26. The maximum atomic E-state index is 12.2. The summed E-state index contributed by atoms with van der Waals surface area (Å²) in [5, 5.41) is 3.31. The maximum Gasteiger partial charge on any atom is 0.409 e. The highest BCUT2D eigenvalue weighted by atomic mass is 16.6. The van der Waals surface area contributed by atoms with E-state index in [1.807, 2.05) is 26.1 Å². The van der Waals surface area contributed by atoms with E-state index < -0.39 is 0 Å². The first kappa shape index (κ1) is 19.2. The minimum atomic E-state index is -0.243. The number of nitrogens with zero attached hydrogens (tertiary/aromatic N) is 3. The third-order valence-corrected chi connectivity index (χ3v) is 4.47. The maximum absolute atomic E-state index is 12.2. The third kappa shape index (κ3) is 6.34. The number of nitrogens with one attached hydrogen (secondary N) is 1. The summed E-state index contributed by atoms with van der Waals surface area (Å²) in [7, 11) is 1.83. The lowest BCUT2D eigenvalue weighted by molar-refractivity contribution is -0.129. The van der Waals surface area contributed by atoms with Crippen LogP contribution in [0.25, 0.3) is 0 Å². The molecule has 1 aliphatic heterocycles. The number of pyridine rings is 1. The second-order valence-corrected chi connectivity index (χ2v) is 6.26. The molecule has 1 aromatic rings. The molecule has 138 valence electrons. The van der Waals surface area contributed by atoms with Crippen molar-refractivity contribution in [2.24, 2.45) is 0 Å². The van der Waals surface area contributed by atoms with Gasteiger partial charge in [0.05, 0.1) is 13.2 Å². The fourth-order valence-corrected chi connectivity index (χ4v) is 2.82. The largest absolute Gasteiger partial charge is 0.450 e. The van der Waals surface area contributed by atoms with Gasteiger partial charge >= 0.3 is 6.09 Å². The van der Waals surface area contributed by atoms with Gasteiger partial charge in [0.2, 0.25) is 5.91 Å². The monoisotopic (exact) mass is 348 g/mol. The van der Waals surface area contributed by atoms with Crippen LogP contribution in [0, 0.1) is 0 Å². The van der Waals surface area contributed by atoms with Crippen molar-refractivity contribution >= 4 is 12.0 Å². The molecule has 1 aromatic heterocycles. The number of aromatic nitrogens is 1. The fourth-order valence-electron chi connectivity index (χ4n) is 2.82. The van der Waals surface area contributed by atoms with E-state index in [1.54, 1.807) is 22.2 Å². The number of carbonyl (C=O) groups is 2. The molecule has 0 aromatic carbocycles. The molecule has 0 saturated carbocycles. The van der Waals surface area contributed by atoms with Crippen LogP contribution in [0.1, 0.15) is 25.3 Å². The van der Waals surface area contributed by atoms with Gasteiger partial charge in [-0.25, -0.2) is 4.79 Å². The number of hydrogen-bond acceptors (Lipinski definition) is 5. The molecule has 0 unspecified atom stereocenters. The fraction of sp³-hybridized carbons (Fsp3) is 0.611. The highest BCUT2D eigenvalue weighted by molar-refractivity contribution is 5.78. The normalized spacial score (nSPS) is 15.0. The third-order valence-electron chi connectivity index (χ3n) is 4.47. The van der Waals surface area contributed by atoms with E-state index in [9.17, 15) is 9.59 Å². The molecule has 0 aliphatic carbocycles. The summed E-state index contributed by atoms with van der Waals surface area (Å²) >= 11 is 0. The van der Waals surface area contributed by atoms with Crippen molar-refractivity contribution < 1.29 is 14.3 Å². The first-order valence-electron chi connectivity index (χ1n) is 8.88. The molecule has 2 rings (SSSR count). The van der Waals surface area contributed by atoms with Crippen molar-refractivity contribution in [3.63, 3.8) is 0 Å². The number of piperidine rings is 1. The number of likely N-dealkylation sites (N-methyl/N-ethyl adjacent to an activating group) is 1. The zero-order valence-corrected chi connectivity index (χ0v) is 15.1. The Hall–Kier alpha value is -2.15. The van der Waals surface area contributed by atoms with Gasteiger partial charge in [0.25, 0.3) is 0 Å².